The maximum atomic E-state index is 9.43. The van der Waals surface area contributed by atoms with Crippen molar-refractivity contribution in [3.05, 3.63) is 17.7 Å². The lowest BCUT2D eigenvalue weighted by Gasteiger charge is -2.35. The minimum atomic E-state index is 0.283. The van der Waals surface area contributed by atoms with Crippen LogP contribution in [0.25, 0.3) is 0 Å². The summed E-state index contributed by atoms with van der Waals surface area (Å²) in [6, 6.07) is 4.25. The molecule has 1 aliphatic carbocycles. The van der Waals surface area contributed by atoms with Crippen molar-refractivity contribution in [2.75, 3.05) is 24.8 Å². The van der Waals surface area contributed by atoms with Gasteiger partial charge in [-0.25, -0.2) is 5.26 Å². The van der Waals surface area contributed by atoms with Gasteiger partial charge in [-0.1, -0.05) is 18.9 Å². The smallest absolute Gasteiger partial charge is 0.274 e. The Morgan fingerprint density at radius 3 is 2.45 bits per heavy atom. The first kappa shape index (κ1) is 13.8. The van der Waals surface area contributed by atoms with Gasteiger partial charge in [0.25, 0.3) is 6.71 Å². The van der Waals surface area contributed by atoms with E-state index in [2.05, 4.69) is 29.9 Å². The highest BCUT2D eigenvalue weighted by Gasteiger charge is 2.41. The predicted octanol–water partition coefficient (Wildman–Crippen LogP) is 3.42. The van der Waals surface area contributed by atoms with Gasteiger partial charge in [-0.3, -0.25) is 0 Å². The molecule has 0 radical (unpaired) electrons. The highest BCUT2D eigenvalue weighted by Crippen LogP contribution is 2.47. The summed E-state index contributed by atoms with van der Waals surface area (Å²) in [6.07, 6.45) is 4.74. The molecule has 114 valence electrons. The molecule has 0 bridgehead atoms. The van der Waals surface area contributed by atoms with Gasteiger partial charge >= 0.3 is 0 Å². The van der Waals surface area contributed by atoms with E-state index in [0.717, 1.165) is 48.7 Å². The van der Waals surface area contributed by atoms with Crippen molar-refractivity contribution in [2.24, 2.45) is 0 Å². The number of benzene rings is 1. The molecule has 0 amide bonds. The Kier molecular flexibility index (Phi) is 3.40. The second kappa shape index (κ2) is 5.42. The second-order valence-electron chi connectivity index (χ2n) is 6.78. The fourth-order valence-electron chi connectivity index (χ4n) is 3.92. The van der Waals surface area contributed by atoms with E-state index in [-0.39, 0.29) is 6.71 Å². The van der Waals surface area contributed by atoms with E-state index in [1.807, 2.05) is 0 Å². The Bertz CT molecular complexity index is 616. The first-order valence-electron chi connectivity index (χ1n) is 8.31. The Morgan fingerprint density at radius 2 is 1.77 bits per heavy atom. The van der Waals surface area contributed by atoms with E-state index < -0.39 is 0 Å². The van der Waals surface area contributed by atoms with Crippen molar-refractivity contribution >= 4 is 12.4 Å². The molecule has 1 aromatic carbocycles. The number of aryl methyl sites for hydroxylation is 1. The summed E-state index contributed by atoms with van der Waals surface area (Å²) < 4.78 is 11.3. The molecule has 3 aliphatic rings. The first-order chi connectivity index (χ1) is 10.8. The lowest BCUT2D eigenvalue weighted by molar-refractivity contribution is 0.173. The van der Waals surface area contributed by atoms with E-state index >= 15 is 0 Å². The monoisotopic (exact) mass is 296 g/mol. The van der Waals surface area contributed by atoms with Gasteiger partial charge < -0.3 is 14.4 Å². The lowest BCUT2D eigenvalue weighted by Crippen LogP contribution is -2.36. The van der Waals surface area contributed by atoms with Gasteiger partial charge in [-0.15, -0.1) is 0 Å². The van der Waals surface area contributed by atoms with E-state index in [0.29, 0.717) is 18.4 Å². The van der Waals surface area contributed by atoms with Crippen LogP contribution in [0.2, 0.25) is 11.6 Å². The van der Waals surface area contributed by atoms with Crippen LogP contribution < -0.4 is 14.4 Å². The molecule has 0 atom stereocenters. The number of rotatable bonds is 3. The quantitative estimate of drug-likeness (QED) is 0.802. The molecule has 22 heavy (non-hydrogen) atoms. The van der Waals surface area contributed by atoms with Crippen LogP contribution in [0.15, 0.2) is 12.1 Å². The molecule has 2 aliphatic heterocycles. The second-order valence-corrected chi connectivity index (χ2v) is 6.78. The lowest BCUT2D eigenvalue weighted by atomic mass is 9.37. The fourth-order valence-corrected chi connectivity index (χ4v) is 3.92. The minimum absolute atomic E-state index is 0.283. The van der Waals surface area contributed by atoms with Crippen LogP contribution >= 0.6 is 0 Å². The molecule has 0 aromatic heterocycles. The zero-order chi connectivity index (χ0) is 15.1. The summed E-state index contributed by atoms with van der Waals surface area (Å²) in [5.41, 5.74) is 2.28. The maximum Gasteiger partial charge on any atom is 0.274 e. The van der Waals surface area contributed by atoms with Gasteiger partial charge in [0.15, 0.2) is 11.5 Å². The van der Waals surface area contributed by atoms with Gasteiger partial charge in [0.1, 0.15) is 0 Å². The molecule has 0 N–H and O–H groups in total. The van der Waals surface area contributed by atoms with Gasteiger partial charge in [0, 0.05) is 19.1 Å². The molecule has 5 heteroatoms. The molecule has 1 saturated carbocycles. The third kappa shape index (κ3) is 2.31. The van der Waals surface area contributed by atoms with E-state index in [1.165, 1.54) is 12.8 Å². The van der Waals surface area contributed by atoms with Crippen molar-refractivity contribution < 1.29 is 9.47 Å². The Balaban J connectivity index is 1.48. The number of hydrogen-bond acceptors (Lipinski definition) is 4. The molecular formula is C17H21BN2O2. The number of nitriles is 1. The summed E-state index contributed by atoms with van der Waals surface area (Å²) in [5, 5.41) is 9.43. The van der Waals surface area contributed by atoms with E-state index in [4.69, 9.17) is 9.47 Å². The molecule has 4 rings (SSSR count). The Labute approximate surface area is 132 Å². The van der Waals surface area contributed by atoms with Crippen LogP contribution in [0.3, 0.4) is 0 Å². The molecule has 1 saturated heterocycles. The minimum Gasteiger partial charge on any atom is -0.453 e. The summed E-state index contributed by atoms with van der Waals surface area (Å²) in [6.45, 7) is 4.67. The number of nitrogens with zero attached hydrogens (tertiary/aromatic N) is 2. The van der Waals surface area contributed by atoms with Crippen LogP contribution in [0.5, 0.6) is 11.5 Å². The van der Waals surface area contributed by atoms with Crippen molar-refractivity contribution in [3.63, 3.8) is 0 Å². The summed E-state index contributed by atoms with van der Waals surface area (Å²) in [4.78, 5) is 2.39. The van der Waals surface area contributed by atoms with Crippen molar-refractivity contribution in [3.8, 4) is 17.5 Å². The average Bonchev–Trinajstić information content (AvgIpc) is 3.25. The highest BCUT2D eigenvalue weighted by atomic mass is 16.7. The Morgan fingerprint density at radius 1 is 1.09 bits per heavy atom. The van der Waals surface area contributed by atoms with Crippen LogP contribution in [0.4, 0.5) is 5.69 Å². The van der Waals surface area contributed by atoms with Gasteiger partial charge in [0.2, 0.25) is 6.79 Å². The van der Waals surface area contributed by atoms with Crippen LogP contribution in [0, 0.1) is 18.2 Å². The maximum absolute atomic E-state index is 9.43. The van der Waals surface area contributed by atoms with Crippen molar-refractivity contribution in [2.45, 2.75) is 44.2 Å². The van der Waals surface area contributed by atoms with E-state index in [1.54, 1.807) is 0 Å². The molecule has 4 nitrogen and oxygen atoms in total. The Hall–Kier alpha value is -1.83. The van der Waals surface area contributed by atoms with Crippen LogP contribution in [-0.2, 0) is 0 Å². The SMILES string of the molecule is Cc1ccc(N2CCC(B(C#N)C3CC3)CC2)c2c1OCO2. The molecule has 0 unspecified atom stereocenters. The number of anilines is 1. The van der Waals surface area contributed by atoms with E-state index in [9.17, 15) is 5.26 Å². The molecule has 0 spiro atoms. The molecular weight excluding hydrogens is 275 g/mol. The number of hydrogen-bond donors (Lipinski definition) is 0. The largest absolute Gasteiger partial charge is 0.453 e. The number of piperidine rings is 1. The fraction of sp³-hybridized carbons (Fsp3) is 0.588. The van der Waals surface area contributed by atoms with Gasteiger partial charge in [0.05, 0.1) is 5.69 Å². The molecule has 2 heterocycles. The highest BCUT2D eigenvalue weighted by molar-refractivity contribution is 6.70. The normalized spacial score (nSPS) is 20.8. The van der Waals surface area contributed by atoms with Crippen LogP contribution in [0.1, 0.15) is 31.2 Å². The topological polar surface area (TPSA) is 45.5 Å². The summed E-state index contributed by atoms with van der Waals surface area (Å²) in [5.74, 6) is 5.63. The molecule has 2 fully saturated rings. The molecule has 1 aromatic rings. The van der Waals surface area contributed by atoms with Crippen LogP contribution in [-0.4, -0.2) is 26.6 Å². The standard InChI is InChI=1S/C17H21BN2O2/c1-12-2-5-15(17-16(12)21-11-22-17)20-8-6-14(7-9-20)18(10-19)13-3-4-13/h2,5,13-14H,3-4,6-9,11H2,1H3. The van der Waals surface area contributed by atoms with Crippen molar-refractivity contribution in [1.82, 2.24) is 0 Å². The van der Waals surface area contributed by atoms with Gasteiger partial charge in [-0.05, 0) is 43.0 Å². The van der Waals surface area contributed by atoms with Gasteiger partial charge in [-0.2, -0.15) is 0 Å². The summed E-state index contributed by atoms with van der Waals surface area (Å²) in [7, 11) is 0. The zero-order valence-corrected chi connectivity index (χ0v) is 13.0. The van der Waals surface area contributed by atoms with Crippen molar-refractivity contribution in [1.29, 1.82) is 5.26 Å². The first-order valence-corrected chi connectivity index (χ1v) is 8.31. The average molecular weight is 296 g/mol. The summed E-state index contributed by atoms with van der Waals surface area (Å²) >= 11 is 0. The predicted molar refractivity (Wildman–Crippen MR) is 86.9 cm³/mol. The number of fused-ring (bicyclic) bond motifs is 1. The third-order valence-corrected chi connectivity index (χ3v) is 5.36. The third-order valence-electron chi connectivity index (χ3n) is 5.36. The zero-order valence-electron chi connectivity index (χ0n) is 13.0. The number of ether oxygens (including phenoxy) is 2.